The molecule has 0 atom stereocenters. The molecular weight excluding hydrogens is 322 g/mol. The third kappa shape index (κ3) is 3.02. The fourth-order valence-electron chi connectivity index (χ4n) is 2.17. The van der Waals surface area contributed by atoms with E-state index in [1.54, 1.807) is 12.1 Å². The summed E-state index contributed by atoms with van der Waals surface area (Å²) in [5.74, 6) is 0. The highest BCUT2D eigenvalue weighted by molar-refractivity contribution is 7.89. The summed E-state index contributed by atoms with van der Waals surface area (Å²) in [7, 11) is -3.67. The molecule has 1 fully saturated rings. The third-order valence-electron chi connectivity index (χ3n) is 3.58. The largest absolute Gasteiger partial charge is 0.326 e. The molecule has 1 saturated carbocycles. The van der Waals surface area contributed by atoms with E-state index in [0.29, 0.717) is 12.0 Å². The second-order valence-corrected chi connectivity index (χ2v) is 8.27. The minimum absolute atomic E-state index is 0.0924. The van der Waals surface area contributed by atoms with Gasteiger partial charge in [-0.2, -0.15) is 8.42 Å². The number of H-pyrrole nitrogens is 1. The zero-order valence-corrected chi connectivity index (χ0v) is 14.0. The molecule has 22 heavy (non-hydrogen) atoms. The van der Waals surface area contributed by atoms with E-state index in [4.69, 9.17) is 4.18 Å². The first-order valence-electron chi connectivity index (χ1n) is 7.17. The quantitative estimate of drug-likeness (QED) is 0.850. The molecule has 2 aromatic rings. The van der Waals surface area contributed by atoms with Gasteiger partial charge in [-0.25, -0.2) is 0 Å². The number of aromatic nitrogens is 1. The SMILES string of the molecule is CCc1cc(-c2ccc(S(=O)(=O)OC3CC3)s2)c(C)[nH]c1=O. The van der Waals surface area contributed by atoms with Crippen molar-refractivity contribution in [2.45, 2.75) is 43.4 Å². The van der Waals surface area contributed by atoms with Gasteiger partial charge in [-0.1, -0.05) is 6.92 Å². The first-order chi connectivity index (χ1) is 10.4. The smallest absolute Gasteiger partial charge is 0.306 e. The van der Waals surface area contributed by atoms with Crippen LogP contribution in [0.2, 0.25) is 0 Å². The average molecular weight is 339 g/mol. The molecule has 2 heterocycles. The zero-order valence-electron chi connectivity index (χ0n) is 12.4. The molecule has 118 valence electrons. The molecule has 0 spiro atoms. The Labute approximate surface area is 133 Å². The predicted molar refractivity (Wildman–Crippen MR) is 85.8 cm³/mol. The Morgan fingerprint density at radius 3 is 2.73 bits per heavy atom. The first kappa shape index (κ1) is 15.5. The van der Waals surface area contributed by atoms with Crippen molar-refractivity contribution in [2.75, 3.05) is 0 Å². The van der Waals surface area contributed by atoms with Crippen LogP contribution in [0.3, 0.4) is 0 Å². The highest BCUT2D eigenvalue weighted by Crippen LogP contribution is 2.35. The second kappa shape index (κ2) is 5.64. The van der Waals surface area contributed by atoms with Crippen molar-refractivity contribution in [1.82, 2.24) is 4.98 Å². The van der Waals surface area contributed by atoms with Gasteiger partial charge in [0, 0.05) is 21.7 Å². The lowest BCUT2D eigenvalue weighted by atomic mass is 10.1. The molecule has 0 amide bonds. The van der Waals surface area contributed by atoms with Crippen molar-refractivity contribution in [3.63, 3.8) is 0 Å². The maximum Gasteiger partial charge on any atom is 0.306 e. The molecule has 1 aliphatic rings. The summed E-state index contributed by atoms with van der Waals surface area (Å²) < 4.78 is 29.5. The Bertz CT molecular complexity index is 860. The second-order valence-electron chi connectivity index (χ2n) is 5.38. The summed E-state index contributed by atoms with van der Waals surface area (Å²) in [6.07, 6.45) is 2.08. The molecule has 0 unspecified atom stereocenters. The summed E-state index contributed by atoms with van der Waals surface area (Å²) in [5, 5.41) is 0. The van der Waals surface area contributed by atoms with Gasteiger partial charge in [-0.3, -0.25) is 8.98 Å². The normalized spacial score (nSPS) is 15.2. The number of thiophene rings is 1. The van der Waals surface area contributed by atoms with Crippen LogP contribution in [0.1, 0.15) is 31.0 Å². The van der Waals surface area contributed by atoms with Crippen molar-refractivity contribution in [2.24, 2.45) is 0 Å². The van der Waals surface area contributed by atoms with E-state index in [9.17, 15) is 13.2 Å². The van der Waals surface area contributed by atoms with E-state index in [-0.39, 0.29) is 15.9 Å². The number of nitrogens with one attached hydrogen (secondary N) is 1. The minimum atomic E-state index is -3.67. The van der Waals surface area contributed by atoms with Gasteiger partial charge >= 0.3 is 10.1 Å². The molecule has 7 heteroatoms. The Hall–Kier alpha value is -1.44. The summed E-state index contributed by atoms with van der Waals surface area (Å²) in [5.41, 5.74) is 2.18. The van der Waals surface area contributed by atoms with Gasteiger partial charge < -0.3 is 4.98 Å². The van der Waals surface area contributed by atoms with Gasteiger partial charge in [-0.15, -0.1) is 11.3 Å². The lowest BCUT2D eigenvalue weighted by molar-refractivity contribution is 0.306. The molecule has 1 N–H and O–H groups in total. The van der Waals surface area contributed by atoms with Crippen LogP contribution in [0.15, 0.2) is 27.2 Å². The maximum absolute atomic E-state index is 12.1. The maximum atomic E-state index is 12.1. The lowest BCUT2D eigenvalue weighted by Gasteiger charge is -2.05. The molecule has 0 aliphatic heterocycles. The van der Waals surface area contributed by atoms with Gasteiger partial charge in [0.05, 0.1) is 6.10 Å². The van der Waals surface area contributed by atoms with Crippen molar-refractivity contribution in [3.05, 3.63) is 39.8 Å². The Morgan fingerprint density at radius 2 is 2.09 bits per heavy atom. The van der Waals surface area contributed by atoms with Crippen LogP contribution in [-0.4, -0.2) is 19.5 Å². The van der Waals surface area contributed by atoms with Crippen molar-refractivity contribution in [3.8, 4) is 10.4 Å². The molecular formula is C15H17NO4S2. The van der Waals surface area contributed by atoms with Gasteiger partial charge in [0.2, 0.25) is 0 Å². The minimum Gasteiger partial charge on any atom is -0.326 e. The molecule has 3 rings (SSSR count). The Morgan fingerprint density at radius 1 is 1.36 bits per heavy atom. The van der Waals surface area contributed by atoms with Gasteiger partial charge in [0.1, 0.15) is 4.21 Å². The fraction of sp³-hybridized carbons (Fsp3) is 0.400. The van der Waals surface area contributed by atoms with Crippen molar-refractivity contribution >= 4 is 21.5 Å². The summed E-state index contributed by atoms with van der Waals surface area (Å²) >= 11 is 1.17. The van der Waals surface area contributed by atoms with Crippen molar-refractivity contribution in [1.29, 1.82) is 0 Å². The number of aromatic amines is 1. The zero-order chi connectivity index (χ0) is 15.9. The molecule has 0 aromatic carbocycles. The number of aryl methyl sites for hydroxylation is 2. The third-order valence-corrected chi connectivity index (χ3v) is 6.51. The van der Waals surface area contributed by atoms with Crippen LogP contribution >= 0.6 is 11.3 Å². The Kier molecular flexibility index (Phi) is 3.96. The highest BCUT2D eigenvalue weighted by atomic mass is 32.3. The van der Waals surface area contributed by atoms with Gasteiger partial charge in [0.25, 0.3) is 5.56 Å². The number of hydrogen-bond donors (Lipinski definition) is 1. The number of rotatable bonds is 5. The van der Waals surface area contributed by atoms with E-state index in [1.807, 2.05) is 19.9 Å². The predicted octanol–water partition coefficient (Wildman–Crippen LogP) is 2.84. The average Bonchev–Trinajstić information content (AvgIpc) is 3.10. The number of pyridine rings is 1. The highest BCUT2D eigenvalue weighted by Gasteiger charge is 2.31. The topological polar surface area (TPSA) is 76.2 Å². The van der Waals surface area contributed by atoms with Crippen LogP contribution in [0.5, 0.6) is 0 Å². The van der Waals surface area contributed by atoms with E-state index in [1.165, 1.54) is 11.3 Å². The van der Waals surface area contributed by atoms with Crippen LogP contribution < -0.4 is 5.56 Å². The molecule has 0 radical (unpaired) electrons. The monoisotopic (exact) mass is 339 g/mol. The van der Waals surface area contributed by atoms with E-state index in [2.05, 4.69) is 4.98 Å². The first-order valence-corrected chi connectivity index (χ1v) is 9.39. The molecule has 0 bridgehead atoms. The summed E-state index contributed by atoms with van der Waals surface area (Å²) in [6, 6.07) is 5.15. The van der Waals surface area contributed by atoms with Crippen LogP contribution in [0.4, 0.5) is 0 Å². The fourth-order valence-corrected chi connectivity index (χ4v) is 4.66. The van der Waals surface area contributed by atoms with E-state index in [0.717, 1.165) is 29.0 Å². The molecule has 2 aromatic heterocycles. The van der Waals surface area contributed by atoms with Crippen LogP contribution in [0, 0.1) is 6.92 Å². The Balaban J connectivity index is 1.98. The van der Waals surface area contributed by atoms with Gasteiger partial charge in [-0.05, 0) is 44.4 Å². The van der Waals surface area contributed by atoms with Crippen LogP contribution in [-0.2, 0) is 20.7 Å². The standard InChI is InChI=1S/C15H17NO4S2/c1-3-10-8-12(9(2)16-15(10)17)13-6-7-14(21-13)22(18,19)20-11-4-5-11/h6-8,11H,3-5H2,1-2H3,(H,16,17). The molecule has 5 nitrogen and oxygen atoms in total. The van der Waals surface area contributed by atoms with Crippen LogP contribution in [0.25, 0.3) is 10.4 Å². The van der Waals surface area contributed by atoms with Crippen molar-refractivity contribution < 1.29 is 12.6 Å². The number of hydrogen-bond acceptors (Lipinski definition) is 5. The summed E-state index contributed by atoms with van der Waals surface area (Å²) in [6.45, 7) is 3.72. The molecule has 0 saturated heterocycles. The summed E-state index contributed by atoms with van der Waals surface area (Å²) in [4.78, 5) is 15.4. The lowest BCUT2D eigenvalue weighted by Crippen LogP contribution is -2.13. The van der Waals surface area contributed by atoms with E-state index >= 15 is 0 Å². The van der Waals surface area contributed by atoms with Gasteiger partial charge in [0.15, 0.2) is 0 Å². The molecule has 1 aliphatic carbocycles. The van der Waals surface area contributed by atoms with E-state index < -0.39 is 10.1 Å².